The van der Waals surface area contributed by atoms with Crippen molar-refractivity contribution in [3.05, 3.63) is 23.8 Å². The van der Waals surface area contributed by atoms with Gasteiger partial charge in [0.1, 0.15) is 5.75 Å². The molecule has 0 aliphatic heterocycles. The lowest BCUT2D eigenvalue weighted by atomic mass is 9.69. The molecule has 1 fully saturated rings. The number of rotatable bonds is 4. The van der Waals surface area contributed by atoms with E-state index in [1.54, 1.807) is 18.9 Å². The Bertz CT molecular complexity index is 464. The third kappa shape index (κ3) is 2.59. The van der Waals surface area contributed by atoms with Crippen molar-refractivity contribution >= 4 is 17.7 Å². The third-order valence-corrected chi connectivity index (χ3v) is 4.76. The molecule has 0 unspecified atom stereocenters. The summed E-state index contributed by atoms with van der Waals surface area (Å²) >= 11 is 1.63. The van der Waals surface area contributed by atoms with Gasteiger partial charge >= 0.3 is 5.97 Å². The summed E-state index contributed by atoms with van der Waals surface area (Å²) in [6.45, 7) is 0. The molecule has 4 heteroatoms. The fourth-order valence-electron chi connectivity index (χ4n) is 2.94. The second kappa shape index (κ2) is 5.87. The van der Waals surface area contributed by atoms with Crippen molar-refractivity contribution in [2.45, 2.75) is 42.4 Å². The molecule has 1 N–H and O–H groups in total. The molecule has 0 spiro atoms. The Hall–Kier alpha value is -1.16. The van der Waals surface area contributed by atoms with Crippen LogP contribution in [0, 0.1) is 0 Å². The lowest BCUT2D eigenvalue weighted by Crippen LogP contribution is -2.38. The monoisotopic (exact) mass is 280 g/mol. The van der Waals surface area contributed by atoms with Gasteiger partial charge in [0.05, 0.1) is 12.5 Å². The highest BCUT2D eigenvalue weighted by atomic mass is 32.2. The number of carboxylic acid groups (broad SMARTS) is 1. The Morgan fingerprint density at radius 1 is 1.32 bits per heavy atom. The molecule has 1 aliphatic rings. The molecule has 3 nitrogen and oxygen atoms in total. The molecule has 104 valence electrons. The summed E-state index contributed by atoms with van der Waals surface area (Å²) in [5.41, 5.74) is 0.0732. The second-order valence-electron chi connectivity index (χ2n) is 5.01. The summed E-state index contributed by atoms with van der Waals surface area (Å²) in [5, 5.41) is 9.76. The fraction of sp³-hybridized carbons (Fsp3) is 0.533. The second-order valence-corrected chi connectivity index (χ2v) is 5.89. The van der Waals surface area contributed by atoms with Crippen molar-refractivity contribution in [2.24, 2.45) is 0 Å². The van der Waals surface area contributed by atoms with Crippen molar-refractivity contribution in [2.75, 3.05) is 13.4 Å². The summed E-state index contributed by atoms with van der Waals surface area (Å²) < 4.78 is 5.40. The molecule has 0 saturated heterocycles. The van der Waals surface area contributed by atoms with Crippen LogP contribution in [0.2, 0.25) is 0 Å². The zero-order valence-corrected chi connectivity index (χ0v) is 12.3. The lowest BCUT2D eigenvalue weighted by Gasteiger charge is -2.34. The van der Waals surface area contributed by atoms with Gasteiger partial charge in [-0.1, -0.05) is 19.3 Å². The first-order chi connectivity index (χ1) is 9.14. The van der Waals surface area contributed by atoms with E-state index >= 15 is 0 Å². The Balaban J connectivity index is 2.54. The van der Waals surface area contributed by atoms with Gasteiger partial charge in [-0.05, 0) is 37.3 Å². The van der Waals surface area contributed by atoms with Gasteiger partial charge in [0, 0.05) is 10.5 Å². The maximum Gasteiger partial charge on any atom is 0.314 e. The molecule has 0 bridgehead atoms. The Kier molecular flexibility index (Phi) is 4.40. The van der Waals surface area contributed by atoms with Gasteiger partial charge in [-0.15, -0.1) is 11.8 Å². The normalized spacial score (nSPS) is 18.0. The van der Waals surface area contributed by atoms with Crippen LogP contribution in [0.3, 0.4) is 0 Å². The summed E-state index contributed by atoms with van der Waals surface area (Å²) in [5.74, 6) is -0.0224. The van der Waals surface area contributed by atoms with Gasteiger partial charge in [0.15, 0.2) is 0 Å². The first-order valence-electron chi connectivity index (χ1n) is 6.60. The van der Waals surface area contributed by atoms with Gasteiger partial charge in [0.2, 0.25) is 0 Å². The first kappa shape index (κ1) is 14.3. The number of methoxy groups -OCH3 is 1. The molecule has 2 rings (SSSR count). The minimum absolute atomic E-state index is 0.696. The van der Waals surface area contributed by atoms with Crippen molar-refractivity contribution in [3.63, 3.8) is 0 Å². The van der Waals surface area contributed by atoms with Crippen molar-refractivity contribution in [1.29, 1.82) is 0 Å². The van der Waals surface area contributed by atoms with E-state index < -0.39 is 11.4 Å². The van der Waals surface area contributed by atoms with E-state index in [-0.39, 0.29) is 0 Å². The number of hydrogen-bond acceptors (Lipinski definition) is 3. The van der Waals surface area contributed by atoms with E-state index in [9.17, 15) is 9.90 Å². The van der Waals surface area contributed by atoms with Crippen LogP contribution in [0.4, 0.5) is 0 Å². The van der Waals surface area contributed by atoms with E-state index in [0.717, 1.165) is 29.7 Å². The highest BCUT2D eigenvalue weighted by molar-refractivity contribution is 7.98. The predicted molar refractivity (Wildman–Crippen MR) is 77.2 cm³/mol. The maximum atomic E-state index is 11.9. The number of thioether (sulfide) groups is 1. The molecule has 1 aromatic carbocycles. The van der Waals surface area contributed by atoms with Crippen molar-refractivity contribution in [1.82, 2.24) is 0 Å². The Labute approximate surface area is 118 Å². The zero-order valence-electron chi connectivity index (χ0n) is 11.4. The number of ether oxygens (including phenoxy) is 1. The summed E-state index contributed by atoms with van der Waals surface area (Å²) in [6.07, 6.45) is 6.48. The van der Waals surface area contributed by atoms with Gasteiger partial charge in [-0.2, -0.15) is 0 Å². The van der Waals surface area contributed by atoms with E-state index in [4.69, 9.17) is 4.74 Å². The highest BCUT2D eigenvalue weighted by Gasteiger charge is 2.43. The average molecular weight is 280 g/mol. The molecular formula is C15H20O3S. The SMILES string of the molecule is COc1ccc(SC)cc1C1(C(=O)O)CCCCC1. The van der Waals surface area contributed by atoms with Crippen LogP contribution in [0.15, 0.2) is 23.1 Å². The van der Waals surface area contributed by atoms with E-state index in [0.29, 0.717) is 18.6 Å². The Morgan fingerprint density at radius 2 is 2.00 bits per heavy atom. The van der Waals surface area contributed by atoms with Crippen molar-refractivity contribution in [3.8, 4) is 5.75 Å². The van der Waals surface area contributed by atoms with Crippen LogP contribution in [-0.4, -0.2) is 24.4 Å². The molecule has 0 aromatic heterocycles. The quantitative estimate of drug-likeness (QED) is 0.854. The number of hydrogen-bond donors (Lipinski definition) is 1. The molecule has 0 atom stereocenters. The van der Waals surface area contributed by atoms with Crippen molar-refractivity contribution < 1.29 is 14.6 Å². The number of benzene rings is 1. The van der Waals surface area contributed by atoms with E-state index in [2.05, 4.69) is 0 Å². The molecular weight excluding hydrogens is 260 g/mol. The molecule has 1 saturated carbocycles. The molecule has 1 aromatic rings. The first-order valence-corrected chi connectivity index (χ1v) is 7.82. The molecule has 19 heavy (non-hydrogen) atoms. The predicted octanol–water partition coefficient (Wildman–Crippen LogP) is 3.70. The third-order valence-electron chi connectivity index (χ3n) is 4.04. The smallest absolute Gasteiger partial charge is 0.314 e. The maximum absolute atomic E-state index is 11.9. The molecule has 1 aliphatic carbocycles. The number of carboxylic acids is 1. The zero-order chi connectivity index (χ0) is 13.9. The van der Waals surface area contributed by atoms with Crippen LogP contribution >= 0.6 is 11.8 Å². The van der Waals surface area contributed by atoms with Gasteiger partial charge in [-0.3, -0.25) is 4.79 Å². The van der Waals surface area contributed by atoms with Crippen LogP contribution in [0.25, 0.3) is 0 Å². The van der Waals surface area contributed by atoms with Gasteiger partial charge < -0.3 is 9.84 Å². The topological polar surface area (TPSA) is 46.5 Å². The lowest BCUT2D eigenvalue weighted by molar-refractivity contribution is -0.145. The van der Waals surface area contributed by atoms with Crippen LogP contribution in [0.1, 0.15) is 37.7 Å². The largest absolute Gasteiger partial charge is 0.496 e. The summed E-state index contributed by atoms with van der Waals surface area (Å²) in [6, 6.07) is 5.86. The molecule has 0 heterocycles. The average Bonchev–Trinajstić information content (AvgIpc) is 2.47. The minimum atomic E-state index is -0.769. The minimum Gasteiger partial charge on any atom is -0.496 e. The fourth-order valence-corrected chi connectivity index (χ4v) is 3.38. The Morgan fingerprint density at radius 3 is 2.53 bits per heavy atom. The molecule has 0 amide bonds. The molecule has 0 radical (unpaired) electrons. The highest BCUT2D eigenvalue weighted by Crippen LogP contribution is 2.44. The van der Waals surface area contributed by atoms with Crippen LogP contribution < -0.4 is 4.74 Å². The van der Waals surface area contributed by atoms with Crippen LogP contribution in [0.5, 0.6) is 5.75 Å². The number of aliphatic carboxylic acids is 1. The summed E-state index contributed by atoms with van der Waals surface area (Å²) in [7, 11) is 1.61. The summed E-state index contributed by atoms with van der Waals surface area (Å²) in [4.78, 5) is 13.0. The van der Waals surface area contributed by atoms with Crippen LogP contribution in [-0.2, 0) is 10.2 Å². The standard InChI is InChI=1S/C15H20O3S/c1-18-13-7-6-11(19-2)10-12(13)15(14(16)17)8-4-3-5-9-15/h6-7,10H,3-5,8-9H2,1-2H3,(H,16,17). The van der Waals surface area contributed by atoms with Gasteiger partial charge in [0.25, 0.3) is 0 Å². The number of carbonyl (C=O) groups is 1. The van der Waals surface area contributed by atoms with E-state index in [1.807, 2.05) is 24.5 Å². The van der Waals surface area contributed by atoms with Gasteiger partial charge in [-0.25, -0.2) is 0 Å². The van der Waals surface area contributed by atoms with E-state index in [1.165, 1.54) is 0 Å².